The third-order valence-corrected chi connectivity index (χ3v) is 11.2. The Morgan fingerprint density at radius 1 is 0.676 bits per heavy atom. The van der Waals surface area contributed by atoms with Crippen LogP contribution in [0.25, 0.3) is 0 Å². The Balaban J connectivity index is 2.00. The SMILES string of the molecule is COc1c(C)cc(S([OH+]S(=O)(=O)c2ccc(C(F)(F)F)cc2)(c2ccccc2)c2ccccc2)cc1C. The summed E-state index contributed by atoms with van der Waals surface area (Å²) in [6, 6.07) is 25.3. The van der Waals surface area contributed by atoms with Gasteiger partial charge in [-0.3, -0.25) is 3.63 Å². The predicted molar refractivity (Wildman–Crippen MR) is 139 cm³/mol. The minimum atomic E-state index is -4.58. The van der Waals surface area contributed by atoms with Crippen LogP contribution >= 0.6 is 10.3 Å². The Hall–Kier alpha value is -3.27. The fourth-order valence-electron chi connectivity index (χ4n) is 4.18. The lowest BCUT2D eigenvalue weighted by atomic mass is 10.1. The van der Waals surface area contributed by atoms with Crippen molar-refractivity contribution in [2.75, 3.05) is 7.11 Å². The molecule has 0 atom stereocenters. The molecule has 0 heterocycles. The standard InChI is InChI=1S/C28H25F3O4S2/c1-20-18-26(19-21(2)27(20)34-3)36(23-10-6-4-7-11-23,24-12-8-5-9-13-24)35-37(32,33)25-16-14-22(15-17-25)28(29,30)31/h4-19H,1-3H3/p+1. The molecule has 0 aliphatic rings. The number of methoxy groups -OCH3 is 1. The van der Waals surface area contributed by atoms with Gasteiger partial charge in [-0.15, -0.1) is 8.42 Å². The van der Waals surface area contributed by atoms with Crippen LogP contribution in [0.3, 0.4) is 0 Å². The van der Waals surface area contributed by atoms with Gasteiger partial charge >= 0.3 is 16.3 Å². The van der Waals surface area contributed by atoms with Crippen LogP contribution in [-0.4, -0.2) is 19.2 Å². The molecule has 0 unspecified atom stereocenters. The van der Waals surface area contributed by atoms with Gasteiger partial charge in [0, 0.05) is 0 Å². The van der Waals surface area contributed by atoms with Gasteiger partial charge in [-0.05, 0) is 85.6 Å². The summed E-state index contributed by atoms with van der Waals surface area (Å²) < 4.78 is 77.0. The lowest BCUT2D eigenvalue weighted by Crippen LogP contribution is -2.19. The first-order valence-electron chi connectivity index (χ1n) is 11.2. The van der Waals surface area contributed by atoms with Gasteiger partial charge < -0.3 is 4.74 Å². The molecule has 0 bridgehead atoms. The number of hydrogen-bond acceptors (Lipinski definition) is 3. The smallest absolute Gasteiger partial charge is 0.422 e. The van der Waals surface area contributed by atoms with E-state index in [-0.39, 0.29) is 4.90 Å². The van der Waals surface area contributed by atoms with Crippen LogP contribution in [0, 0.1) is 13.8 Å². The second-order valence-corrected chi connectivity index (χ2v) is 13.0. The van der Waals surface area contributed by atoms with E-state index in [1.54, 1.807) is 7.11 Å². The molecule has 4 rings (SSSR count). The largest absolute Gasteiger partial charge is 0.496 e. The molecule has 4 nitrogen and oxygen atoms in total. The Morgan fingerprint density at radius 2 is 1.14 bits per heavy atom. The highest BCUT2D eigenvalue weighted by Crippen LogP contribution is 2.69. The van der Waals surface area contributed by atoms with Crippen LogP contribution in [0.5, 0.6) is 5.75 Å². The molecule has 0 radical (unpaired) electrons. The molecular formula is C28H26F3O4S2+. The van der Waals surface area contributed by atoms with Crippen molar-refractivity contribution in [2.24, 2.45) is 0 Å². The van der Waals surface area contributed by atoms with Crippen molar-refractivity contribution in [2.45, 2.75) is 39.6 Å². The molecule has 9 heteroatoms. The van der Waals surface area contributed by atoms with Crippen LogP contribution in [0.4, 0.5) is 13.2 Å². The number of hydrogen-bond donors (Lipinski definition) is 0. The van der Waals surface area contributed by atoms with Gasteiger partial charge in [-0.2, -0.15) is 13.2 Å². The predicted octanol–water partition coefficient (Wildman–Crippen LogP) is 8.01. The highest BCUT2D eigenvalue weighted by Gasteiger charge is 2.44. The van der Waals surface area contributed by atoms with Gasteiger partial charge in [-0.1, -0.05) is 36.4 Å². The summed E-state index contributed by atoms with van der Waals surface area (Å²) >= 11 is 0. The third-order valence-electron chi connectivity index (χ3n) is 5.84. The van der Waals surface area contributed by atoms with Gasteiger partial charge in [0.05, 0.1) is 37.7 Å². The van der Waals surface area contributed by atoms with E-state index in [1.165, 1.54) is 0 Å². The molecule has 0 fully saturated rings. The number of alkyl halides is 3. The van der Waals surface area contributed by atoms with Crippen LogP contribution in [0.15, 0.2) is 117 Å². The molecule has 37 heavy (non-hydrogen) atoms. The maximum atomic E-state index is 13.8. The average molecular weight is 548 g/mol. The number of benzene rings is 4. The van der Waals surface area contributed by atoms with Crippen LogP contribution < -0.4 is 4.74 Å². The fourth-order valence-corrected chi connectivity index (χ4v) is 9.83. The normalized spacial score (nSPS) is 12.8. The van der Waals surface area contributed by atoms with Gasteiger partial charge in [0.15, 0.2) is 0 Å². The summed E-state index contributed by atoms with van der Waals surface area (Å²) in [7, 11) is -5.62. The summed E-state index contributed by atoms with van der Waals surface area (Å²) in [4.78, 5) is 1.68. The Labute approximate surface area is 216 Å². The monoisotopic (exact) mass is 547 g/mol. The quantitative estimate of drug-likeness (QED) is 0.174. The first-order chi connectivity index (χ1) is 17.5. The lowest BCUT2D eigenvalue weighted by molar-refractivity contribution is -0.137. The van der Waals surface area contributed by atoms with E-state index in [4.69, 9.17) is 4.74 Å². The average Bonchev–Trinajstić information content (AvgIpc) is 2.88. The Morgan fingerprint density at radius 3 is 1.54 bits per heavy atom. The molecule has 0 aliphatic carbocycles. The van der Waals surface area contributed by atoms with Crippen molar-refractivity contribution >= 4 is 20.4 Å². The summed E-state index contributed by atoms with van der Waals surface area (Å²) in [6.45, 7) is 3.75. The van der Waals surface area contributed by atoms with Crippen molar-refractivity contribution in [1.29, 1.82) is 0 Å². The zero-order valence-electron chi connectivity index (χ0n) is 20.4. The topological polar surface area (TPSA) is 56.2 Å². The number of aryl methyl sites for hydroxylation is 2. The number of rotatable bonds is 7. The molecule has 4 aromatic rings. The molecule has 0 aliphatic heterocycles. The second-order valence-electron chi connectivity index (χ2n) is 8.37. The Bertz CT molecular complexity index is 1420. The first-order valence-corrected chi connectivity index (χ1v) is 14.3. The van der Waals surface area contributed by atoms with Crippen LogP contribution in [0.2, 0.25) is 0 Å². The first kappa shape index (κ1) is 26.8. The van der Waals surface area contributed by atoms with Crippen molar-refractivity contribution in [3.8, 4) is 5.75 Å². The highest BCUT2D eigenvalue weighted by molar-refractivity contribution is 8.32. The molecule has 0 spiro atoms. The molecular weight excluding hydrogens is 521 g/mol. The molecule has 0 saturated heterocycles. The van der Waals surface area contributed by atoms with E-state index in [0.29, 0.717) is 20.4 Å². The summed E-state index contributed by atoms with van der Waals surface area (Å²) in [5.41, 5.74) is 0.685. The Kier molecular flexibility index (Phi) is 7.41. The van der Waals surface area contributed by atoms with Crippen molar-refractivity contribution in [3.05, 3.63) is 114 Å². The van der Waals surface area contributed by atoms with E-state index < -0.39 is 32.2 Å². The number of ether oxygens (including phenoxy) is 1. The van der Waals surface area contributed by atoms with Crippen LogP contribution in [-0.2, 0) is 16.3 Å². The summed E-state index contributed by atoms with van der Waals surface area (Å²) in [5.74, 6) is 0.684. The summed E-state index contributed by atoms with van der Waals surface area (Å²) in [5, 5.41) is 0. The highest BCUT2D eigenvalue weighted by atomic mass is 32.3. The van der Waals surface area contributed by atoms with Gasteiger partial charge in [0.2, 0.25) is 0 Å². The zero-order chi connectivity index (χ0) is 26.8. The minimum Gasteiger partial charge on any atom is -0.496 e. The van der Waals surface area contributed by atoms with Crippen molar-refractivity contribution in [1.82, 2.24) is 0 Å². The van der Waals surface area contributed by atoms with Gasteiger partial charge in [0.25, 0.3) is 0 Å². The van der Waals surface area contributed by atoms with Crippen molar-refractivity contribution in [3.63, 3.8) is 0 Å². The van der Waals surface area contributed by atoms with E-state index in [1.807, 2.05) is 86.6 Å². The van der Waals surface area contributed by atoms with Gasteiger partial charge in [-0.25, -0.2) is 0 Å². The maximum Gasteiger partial charge on any atom is 0.422 e. The lowest BCUT2D eigenvalue weighted by Gasteiger charge is -2.35. The van der Waals surface area contributed by atoms with E-state index in [0.717, 1.165) is 35.4 Å². The molecule has 1 N–H and O–H groups in total. The van der Waals surface area contributed by atoms with Crippen LogP contribution in [0.1, 0.15) is 16.7 Å². The molecule has 0 saturated carbocycles. The third kappa shape index (κ3) is 5.25. The maximum absolute atomic E-state index is 13.8. The van der Waals surface area contributed by atoms with E-state index in [9.17, 15) is 21.6 Å². The van der Waals surface area contributed by atoms with E-state index >= 15 is 0 Å². The molecule has 0 amide bonds. The van der Waals surface area contributed by atoms with E-state index in [2.05, 4.69) is 3.63 Å². The van der Waals surface area contributed by atoms with Crippen molar-refractivity contribution < 1.29 is 30.0 Å². The number of halogens is 3. The second kappa shape index (κ2) is 10.2. The van der Waals surface area contributed by atoms with Gasteiger partial charge in [0.1, 0.15) is 10.6 Å². The zero-order valence-corrected chi connectivity index (χ0v) is 22.0. The molecule has 194 valence electrons. The fraction of sp³-hybridized carbons (Fsp3) is 0.143. The summed E-state index contributed by atoms with van der Waals surface area (Å²) in [6.07, 6.45) is -4.58. The minimum absolute atomic E-state index is 0.314. The molecule has 0 aromatic heterocycles. The molecule has 4 aromatic carbocycles.